The van der Waals surface area contributed by atoms with Gasteiger partial charge in [-0.25, -0.2) is 16.8 Å². The predicted molar refractivity (Wildman–Crippen MR) is 91.2 cm³/mol. The molecular formula is C14H7N3Na2O10S2. The van der Waals surface area contributed by atoms with Crippen molar-refractivity contribution in [3.63, 3.8) is 0 Å². The number of nitrogens with two attached hydrogens (primary N) is 2. The minimum Gasteiger partial charge on any atom is -0.744 e. The molecule has 13 nitrogen and oxygen atoms in total. The van der Waals surface area contributed by atoms with Gasteiger partial charge in [0.15, 0.2) is 5.78 Å². The van der Waals surface area contributed by atoms with Crippen LogP contribution in [0.4, 0.5) is 17.1 Å². The number of nitro benzene ring substituents is 1. The van der Waals surface area contributed by atoms with Crippen molar-refractivity contribution in [3.05, 3.63) is 50.6 Å². The first-order valence-corrected chi connectivity index (χ1v) is 10.0. The molecule has 0 aromatic heterocycles. The van der Waals surface area contributed by atoms with Gasteiger partial charge < -0.3 is 20.6 Å². The van der Waals surface area contributed by atoms with E-state index in [9.17, 15) is 45.6 Å². The first kappa shape index (κ1) is 27.6. The van der Waals surface area contributed by atoms with Crippen LogP contribution in [-0.4, -0.2) is 42.4 Å². The van der Waals surface area contributed by atoms with E-state index in [1.165, 1.54) is 0 Å². The van der Waals surface area contributed by atoms with Gasteiger partial charge in [-0.15, -0.1) is 0 Å². The van der Waals surface area contributed by atoms with E-state index in [4.69, 9.17) is 11.5 Å². The number of carbonyl (C=O) groups is 2. The van der Waals surface area contributed by atoms with Gasteiger partial charge in [-0.3, -0.25) is 19.7 Å². The minimum absolute atomic E-state index is 0. The van der Waals surface area contributed by atoms with Crippen LogP contribution >= 0.6 is 0 Å². The number of nitrogens with zero attached hydrogens (tertiary/aromatic N) is 1. The maximum absolute atomic E-state index is 12.9. The van der Waals surface area contributed by atoms with Crippen molar-refractivity contribution < 1.29 is 99.6 Å². The van der Waals surface area contributed by atoms with Crippen molar-refractivity contribution in [2.75, 3.05) is 11.5 Å². The Balaban J connectivity index is 0.00000240. The van der Waals surface area contributed by atoms with Gasteiger partial charge in [0, 0.05) is 11.6 Å². The molecule has 31 heavy (non-hydrogen) atoms. The van der Waals surface area contributed by atoms with E-state index in [1.54, 1.807) is 0 Å². The molecule has 2 aromatic rings. The summed E-state index contributed by atoms with van der Waals surface area (Å²) < 4.78 is 69.4. The van der Waals surface area contributed by atoms with E-state index in [1.807, 2.05) is 0 Å². The Morgan fingerprint density at radius 2 is 1.19 bits per heavy atom. The quantitative estimate of drug-likeness (QED) is 0.115. The van der Waals surface area contributed by atoms with Gasteiger partial charge in [-0.1, -0.05) is 6.07 Å². The van der Waals surface area contributed by atoms with Crippen LogP contribution in [0, 0.1) is 10.1 Å². The first-order chi connectivity index (χ1) is 13.2. The van der Waals surface area contributed by atoms with Crippen LogP contribution in [0.25, 0.3) is 0 Å². The maximum Gasteiger partial charge on any atom is 1.00 e. The molecule has 152 valence electrons. The van der Waals surface area contributed by atoms with Crippen LogP contribution in [-0.2, 0) is 20.2 Å². The minimum atomic E-state index is -5.78. The van der Waals surface area contributed by atoms with Crippen molar-refractivity contribution in [1.82, 2.24) is 0 Å². The van der Waals surface area contributed by atoms with Crippen molar-refractivity contribution in [1.29, 1.82) is 0 Å². The summed E-state index contributed by atoms with van der Waals surface area (Å²) in [6, 6.07) is 2.95. The van der Waals surface area contributed by atoms with E-state index in [0.29, 0.717) is 0 Å². The number of hydrogen-bond acceptors (Lipinski definition) is 12. The average molecular weight is 487 g/mol. The second kappa shape index (κ2) is 8.86. The topological polar surface area (TPSA) is 244 Å². The third kappa shape index (κ3) is 4.30. The zero-order valence-corrected chi connectivity index (χ0v) is 21.4. The summed E-state index contributed by atoms with van der Waals surface area (Å²) in [4.78, 5) is 32.3. The number of benzene rings is 2. The van der Waals surface area contributed by atoms with Crippen LogP contribution < -0.4 is 70.6 Å². The zero-order chi connectivity index (χ0) is 22.0. The van der Waals surface area contributed by atoms with Crippen LogP contribution in [0.15, 0.2) is 28.0 Å². The molecule has 0 radical (unpaired) electrons. The number of nitro groups is 1. The monoisotopic (exact) mass is 487 g/mol. The van der Waals surface area contributed by atoms with Gasteiger partial charge in [-0.2, -0.15) is 0 Å². The van der Waals surface area contributed by atoms with E-state index in [0.717, 1.165) is 18.2 Å². The fourth-order valence-corrected chi connectivity index (χ4v) is 5.12. The van der Waals surface area contributed by atoms with Gasteiger partial charge in [0.1, 0.15) is 25.8 Å². The fourth-order valence-electron chi connectivity index (χ4n) is 3.09. The number of nitrogen functional groups attached to an aromatic ring is 2. The van der Waals surface area contributed by atoms with Crippen LogP contribution in [0.3, 0.4) is 0 Å². The van der Waals surface area contributed by atoms with Crippen LogP contribution in [0.1, 0.15) is 31.8 Å². The smallest absolute Gasteiger partial charge is 0.744 e. The molecular weight excluding hydrogens is 480 g/mol. The molecule has 2 aromatic carbocycles. The molecule has 0 amide bonds. The molecule has 1 aliphatic carbocycles. The maximum atomic E-state index is 12.9. The van der Waals surface area contributed by atoms with E-state index in [-0.39, 0.29) is 59.1 Å². The van der Waals surface area contributed by atoms with Crippen molar-refractivity contribution >= 4 is 48.9 Å². The summed E-state index contributed by atoms with van der Waals surface area (Å²) >= 11 is 0. The molecule has 17 heteroatoms. The molecule has 0 aliphatic heterocycles. The second-order valence-corrected chi connectivity index (χ2v) is 8.39. The van der Waals surface area contributed by atoms with Crippen molar-refractivity contribution in [2.24, 2.45) is 0 Å². The molecule has 0 saturated heterocycles. The molecule has 0 heterocycles. The molecule has 0 bridgehead atoms. The Hall–Kier alpha value is -1.40. The normalized spacial score (nSPS) is 12.8. The second-order valence-electron chi connectivity index (χ2n) is 5.76. The Labute approximate surface area is 218 Å². The van der Waals surface area contributed by atoms with Crippen LogP contribution in [0.2, 0.25) is 0 Å². The number of ketones is 2. The number of carbonyl (C=O) groups excluding carboxylic acids is 2. The third-order valence-electron chi connectivity index (χ3n) is 4.15. The standard InChI is InChI=1S/C14H9N3O10S2.2Na/c15-9-7-8(10(16)14(29(25,26)27)13(9)28(22,23)24)12(19)6-4(11(7)18)2-1-3-5(6)17(20)21;;/h1-3H,15-16H2,(H,22,23,24)(H,25,26,27);;/q;2*+1/p-2. The number of fused-ring (bicyclic) bond motifs is 2. The van der Waals surface area contributed by atoms with E-state index in [2.05, 4.69) is 0 Å². The predicted octanol–water partition coefficient (Wildman–Crippen LogP) is -6.65. The summed E-state index contributed by atoms with van der Waals surface area (Å²) in [5.74, 6) is -2.56. The van der Waals surface area contributed by atoms with Gasteiger partial charge in [0.25, 0.3) is 5.69 Å². The number of anilines is 2. The van der Waals surface area contributed by atoms with E-state index >= 15 is 0 Å². The molecule has 0 spiro atoms. The summed E-state index contributed by atoms with van der Waals surface area (Å²) in [5, 5.41) is 11.2. The largest absolute Gasteiger partial charge is 1.00 e. The fraction of sp³-hybridized carbons (Fsp3) is 0. The molecule has 4 N–H and O–H groups in total. The molecule has 0 unspecified atom stereocenters. The Bertz CT molecular complexity index is 1390. The molecule has 3 rings (SSSR count). The third-order valence-corrected chi connectivity index (χ3v) is 6.13. The molecule has 0 fully saturated rings. The number of rotatable bonds is 3. The molecule has 0 atom stereocenters. The number of hydrogen-bond donors (Lipinski definition) is 2. The van der Waals surface area contributed by atoms with Crippen LogP contribution in [0.5, 0.6) is 0 Å². The summed E-state index contributed by atoms with van der Waals surface area (Å²) in [6.07, 6.45) is 0. The first-order valence-electron chi connectivity index (χ1n) is 7.23. The van der Waals surface area contributed by atoms with Crippen molar-refractivity contribution in [2.45, 2.75) is 9.79 Å². The van der Waals surface area contributed by atoms with Gasteiger partial charge in [-0.05, 0) is 6.07 Å². The van der Waals surface area contributed by atoms with Gasteiger partial charge in [0.2, 0.25) is 5.78 Å². The average Bonchev–Trinajstić information content (AvgIpc) is 2.58. The SMILES string of the molecule is Nc1c2c(c(N)c(S(=O)(=O)[O-])c1S(=O)(=O)[O-])C(=O)c1c(cccc1[N+](=O)[O-])C2=O.[Na+].[Na+]. The Morgan fingerprint density at radius 3 is 1.58 bits per heavy atom. The zero-order valence-electron chi connectivity index (χ0n) is 15.7. The molecule has 1 aliphatic rings. The summed E-state index contributed by atoms with van der Waals surface area (Å²) in [6.45, 7) is 0. The van der Waals surface area contributed by atoms with Crippen molar-refractivity contribution in [3.8, 4) is 0 Å². The van der Waals surface area contributed by atoms with E-state index < -0.39 is 85.8 Å². The summed E-state index contributed by atoms with van der Waals surface area (Å²) in [7, 11) is -11.5. The Morgan fingerprint density at radius 1 is 0.774 bits per heavy atom. The molecule has 0 saturated carbocycles. The van der Waals surface area contributed by atoms with Gasteiger partial charge >= 0.3 is 59.1 Å². The van der Waals surface area contributed by atoms with Gasteiger partial charge in [0.05, 0.1) is 37.2 Å². The summed E-state index contributed by atoms with van der Waals surface area (Å²) in [5.41, 5.74) is 4.36. The Kier molecular flexibility index (Phi) is 7.89.